The van der Waals surface area contributed by atoms with Crippen molar-refractivity contribution in [2.45, 2.75) is 25.6 Å². The lowest BCUT2D eigenvalue weighted by molar-refractivity contribution is 0.0508. The van der Waals surface area contributed by atoms with Crippen LogP contribution < -0.4 is 0 Å². The van der Waals surface area contributed by atoms with E-state index in [0.29, 0.717) is 26.1 Å². The molecule has 24 heavy (non-hydrogen) atoms. The molecule has 1 fully saturated rings. The number of aryl methyl sites for hydroxylation is 1. The Morgan fingerprint density at radius 2 is 1.83 bits per heavy atom. The molecule has 1 atom stereocenters. The predicted molar refractivity (Wildman–Crippen MR) is 92.9 cm³/mol. The van der Waals surface area contributed by atoms with E-state index in [2.05, 4.69) is 4.98 Å². The first kappa shape index (κ1) is 17.1. The molecule has 1 saturated heterocycles. The summed E-state index contributed by atoms with van der Waals surface area (Å²) >= 11 is 0. The van der Waals surface area contributed by atoms with Crippen molar-refractivity contribution in [1.29, 1.82) is 0 Å². The van der Waals surface area contributed by atoms with Gasteiger partial charge in [-0.25, -0.2) is 8.42 Å². The number of pyridine rings is 1. The molecule has 0 spiro atoms. The molecule has 1 aromatic heterocycles. The topological polar surface area (TPSA) is 59.5 Å². The molecule has 2 aromatic rings. The van der Waals surface area contributed by atoms with Crippen molar-refractivity contribution in [2.24, 2.45) is 0 Å². The SMILES string of the molecule is O=S(=O)(CCc1ccccc1)N1CC[C@H](OCc2ccncc2)C1. The van der Waals surface area contributed by atoms with Crippen LogP contribution in [0.5, 0.6) is 0 Å². The summed E-state index contributed by atoms with van der Waals surface area (Å²) in [7, 11) is -3.23. The Bertz CT molecular complexity index is 735. The molecule has 0 N–H and O–H groups in total. The van der Waals surface area contributed by atoms with Gasteiger partial charge in [-0.2, -0.15) is 4.31 Å². The van der Waals surface area contributed by atoms with Gasteiger partial charge in [0.2, 0.25) is 10.0 Å². The second-order valence-electron chi connectivity index (χ2n) is 5.99. The molecule has 0 bridgehead atoms. The van der Waals surface area contributed by atoms with Crippen LogP contribution in [0.1, 0.15) is 17.5 Å². The summed E-state index contributed by atoms with van der Waals surface area (Å²) in [6.07, 6.45) is 4.71. The molecule has 6 heteroatoms. The van der Waals surface area contributed by atoms with Gasteiger partial charge in [-0.1, -0.05) is 30.3 Å². The summed E-state index contributed by atoms with van der Waals surface area (Å²) in [5.74, 6) is 0.147. The lowest BCUT2D eigenvalue weighted by atomic mass is 10.2. The summed E-state index contributed by atoms with van der Waals surface area (Å²) in [5.41, 5.74) is 2.10. The molecular formula is C18H22N2O3S. The third-order valence-corrected chi connectivity index (χ3v) is 6.07. The Labute approximate surface area is 143 Å². The molecule has 0 amide bonds. The summed E-state index contributed by atoms with van der Waals surface area (Å²) in [6, 6.07) is 13.5. The molecule has 1 aromatic carbocycles. The number of sulfonamides is 1. The zero-order valence-electron chi connectivity index (χ0n) is 13.5. The lowest BCUT2D eigenvalue weighted by Crippen LogP contribution is -2.32. The number of hydrogen-bond acceptors (Lipinski definition) is 4. The Hall–Kier alpha value is -1.76. The van der Waals surface area contributed by atoms with Crippen molar-refractivity contribution in [3.63, 3.8) is 0 Å². The molecule has 0 unspecified atom stereocenters. The summed E-state index contributed by atoms with van der Waals surface area (Å²) in [6.45, 7) is 1.48. The third-order valence-electron chi connectivity index (χ3n) is 4.23. The maximum Gasteiger partial charge on any atom is 0.214 e. The minimum Gasteiger partial charge on any atom is -0.372 e. The Morgan fingerprint density at radius 3 is 2.58 bits per heavy atom. The van der Waals surface area contributed by atoms with Gasteiger partial charge >= 0.3 is 0 Å². The first-order valence-electron chi connectivity index (χ1n) is 8.16. The van der Waals surface area contributed by atoms with Crippen molar-refractivity contribution in [1.82, 2.24) is 9.29 Å². The Kier molecular flexibility index (Phi) is 5.60. The summed E-state index contributed by atoms with van der Waals surface area (Å²) in [5, 5.41) is 0. The van der Waals surface area contributed by atoms with Crippen molar-refractivity contribution in [2.75, 3.05) is 18.8 Å². The number of aromatic nitrogens is 1. The van der Waals surface area contributed by atoms with Gasteiger partial charge in [0.05, 0.1) is 18.5 Å². The van der Waals surface area contributed by atoms with Crippen molar-refractivity contribution in [3.05, 3.63) is 66.0 Å². The number of rotatable bonds is 7. The molecule has 2 heterocycles. The van der Waals surface area contributed by atoms with Gasteiger partial charge in [-0.3, -0.25) is 4.98 Å². The number of hydrogen-bond donors (Lipinski definition) is 0. The average Bonchev–Trinajstić information content (AvgIpc) is 3.10. The smallest absolute Gasteiger partial charge is 0.214 e. The van der Waals surface area contributed by atoms with Gasteiger partial charge in [0.25, 0.3) is 0 Å². The predicted octanol–water partition coefficient (Wildman–Crippen LogP) is 2.25. The largest absolute Gasteiger partial charge is 0.372 e. The maximum atomic E-state index is 12.5. The molecule has 5 nitrogen and oxygen atoms in total. The highest BCUT2D eigenvalue weighted by Gasteiger charge is 2.31. The van der Waals surface area contributed by atoms with Gasteiger partial charge < -0.3 is 4.74 Å². The van der Waals surface area contributed by atoms with Crippen LogP contribution in [0.2, 0.25) is 0 Å². The molecule has 0 saturated carbocycles. The second kappa shape index (κ2) is 7.88. The van der Waals surface area contributed by atoms with Gasteiger partial charge in [0.1, 0.15) is 0 Å². The van der Waals surface area contributed by atoms with Crippen LogP contribution in [-0.4, -0.2) is 42.7 Å². The highest BCUT2D eigenvalue weighted by Crippen LogP contribution is 2.19. The number of benzene rings is 1. The van der Waals surface area contributed by atoms with E-state index in [0.717, 1.165) is 17.5 Å². The molecule has 1 aliphatic rings. The molecule has 3 rings (SSSR count). The number of ether oxygens (including phenoxy) is 1. The number of nitrogens with zero attached hydrogens (tertiary/aromatic N) is 2. The van der Waals surface area contributed by atoms with Crippen molar-refractivity contribution >= 4 is 10.0 Å². The average molecular weight is 346 g/mol. The fourth-order valence-electron chi connectivity index (χ4n) is 2.80. The van der Waals surface area contributed by atoms with E-state index in [1.54, 1.807) is 16.7 Å². The van der Waals surface area contributed by atoms with Crippen molar-refractivity contribution in [3.8, 4) is 0 Å². The monoisotopic (exact) mass is 346 g/mol. The fraction of sp³-hybridized carbons (Fsp3) is 0.389. The second-order valence-corrected chi connectivity index (χ2v) is 8.08. The van der Waals surface area contributed by atoms with E-state index in [1.807, 2.05) is 42.5 Å². The fourth-order valence-corrected chi connectivity index (χ4v) is 4.33. The van der Waals surface area contributed by atoms with Gasteiger partial charge in [-0.15, -0.1) is 0 Å². The van der Waals surface area contributed by atoms with Gasteiger partial charge in [0.15, 0.2) is 0 Å². The third kappa shape index (κ3) is 4.63. The van der Waals surface area contributed by atoms with Crippen LogP contribution in [0.15, 0.2) is 54.9 Å². The van der Waals surface area contributed by atoms with Crippen LogP contribution in [0.4, 0.5) is 0 Å². The molecule has 1 aliphatic heterocycles. The lowest BCUT2D eigenvalue weighted by Gasteiger charge is -2.17. The van der Waals surface area contributed by atoms with Crippen LogP contribution in [0.3, 0.4) is 0 Å². The van der Waals surface area contributed by atoms with E-state index in [1.165, 1.54) is 0 Å². The highest BCUT2D eigenvalue weighted by molar-refractivity contribution is 7.89. The zero-order chi connectivity index (χ0) is 16.8. The molecule has 0 radical (unpaired) electrons. The van der Waals surface area contributed by atoms with E-state index >= 15 is 0 Å². The highest BCUT2D eigenvalue weighted by atomic mass is 32.2. The normalized spacial score (nSPS) is 18.8. The van der Waals surface area contributed by atoms with E-state index in [4.69, 9.17) is 4.74 Å². The first-order chi connectivity index (χ1) is 11.6. The molecule has 0 aliphatic carbocycles. The van der Waals surface area contributed by atoms with Crippen LogP contribution in [0, 0.1) is 0 Å². The van der Waals surface area contributed by atoms with E-state index < -0.39 is 10.0 Å². The summed E-state index contributed by atoms with van der Waals surface area (Å²) in [4.78, 5) is 3.97. The zero-order valence-corrected chi connectivity index (χ0v) is 14.4. The van der Waals surface area contributed by atoms with Crippen molar-refractivity contribution < 1.29 is 13.2 Å². The van der Waals surface area contributed by atoms with Gasteiger partial charge in [-0.05, 0) is 36.1 Å². The maximum absolute atomic E-state index is 12.5. The standard InChI is InChI=1S/C18H22N2O3S/c21-24(22,13-9-16-4-2-1-3-5-16)20-12-8-18(14-20)23-15-17-6-10-19-11-7-17/h1-7,10-11,18H,8-9,12-15H2/t18-/m0/s1. The summed E-state index contributed by atoms with van der Waals surface area (Å²) < 4.78 is 32.4. The molecule has 128 valence electrons. The first-order valence-corrected chi connectivity index (χ1v) is 9.77. The minimum absolute atomic E-state index is 0.0373. The van der Waals surface area contributed by atoms with Crippen LogP contribution in [0.25, 0.3) is 0 Å². The Balaban J connectivity index is 1.49. The van der Waals surface area contributed by atoms with E-state index in [-0.39, 0.29) is 11.9 Å². The van der Waals surface area contributed by atoms with Gasteiger partial charge in [0, 0.05) is 25.5 Å². The van der Waals surface area contributed by atoms with E-state index in [9.17, 15) is 8.42 Å². The molecular weight excluding hydrogens is 324 g/mol. The Morgan fingerprint density at radius 1 is 1.08 bits per heavy atom. The van der Waals surface area contributed by atoms with Crippen LogP contribution >= 0.6 is 0 Å². The van der Waals surface area contributed by atoms with Crippen LogP contribution in [-0.2, 0) is 27.8 Å². The minimum atomic E-state index is -3.23. The quantitative estimate of drug-likeness (QED) is 0.771.